The fourth-order valence-electron chi connectivity index (χ4n) is 2.77. The first-order chi connectivity index (χ1) is 9.72. The lowest BCUT2D eigenvalue weighted by molar-refractivity contribution is -0.917. The molecule has 2 fully saturated rings. The Morgan fingerprint density at radius 1 is 1.30 bits per heavy atom. The molecule has 2 aliphatic rings. The highest BCUT2D eigenvalue weighted by atomic mass is 32.1. The van der Waals surface area contributed by atoms with Crippen molar-refractivity contribution in [1.82, 2.24) is 10.2 Å². The predicted octanol–water partition coefficient (Wildman–Crippen LogP) is 0.732. The van der Waals surface area contributed by atoms with Crippen molar-refractivity contribution in [3.05, 3.63) is 35.4 Å². The van der Waals surface area contributed by atoms with Gasteiger partial charge in [-0.2, -0.15) is 0 Å². The van der Waals surface area contributed by atoms with Gasteiger partial charge in [0.25, 0.3) is 0 Å². The lowest BCUT2D eigenvalue weighted by Gasteiger charge is -2.34. The summed E-state index contributed by atoms with van der Waals surface area (Å²) >= 11 is 5.48. The van der Waals surface area contributed by atoms with Crippen LogP contribution >= 0.6 is 12.2 Å². The van der Waals surface area contributed by atoms with Gasteiger partial charge < -0.3 is 15.1 Å². The van der Waals surface area contributed by atoms with Gasteiger partial charge in [-0.05, 0) is 37.5 Å². The van der Waals surface area contributed by atoms with Crippen molar-refractivity contribution < 1.29 is 4.90 Å². The van der Waals surface area contributed by atoms with Gasteiger partial charge in [-0.3, -0.25) is 0 Å². The number of aryl methyl sites for hydroxylation is 1. The van der Waals surface area contributed by atoms with Gasteiger partial charge in [0.15, 0.2) is 5.11 Å². The maximum Gasteiger partial charge on any atom is 0.169 e. The minimum absolute atomic E-state index is 0.667. The van der Waals surface area contributed by atoms with Gasteiger partial charge in [0, 0.05) is 11.6 Å². The van der Waals surface area contributed by atoms with Gasteiger partial charge in [-0.15, -0.1) is 0 Å². The number of thiocarbonyl (C=S) groups is 1. The van der Waals surface area contributed by atoms with Crippen molar-refractivity contribution in [3.8, 4) is 0 Å². The molecule has 1 saturated heterocycles. The van der Waals surface area contributed by atoms with Crippen LogP contribution in [0.25, 0.3) is 0 Å². The summed E-state index contributed by atoms with van der Waals surface area (Å²) < 4.78 is 0. The Morgan fingerprint density at radius 3 is 2.65 bits per heavy atom. The number of hydrogen-bond acceptors (Lipinski definition) is 1. The Hall–Kier alpha value is -1.13. The van der Waals surface area contributed by atoms with Gasteiger partial charge in [0.05, 0.1) is 26.2 Å². The van der Waals surface area contributed by atoms with E-state index in [1.165, 1.54) is 37.1 Å². The zero-order valence-corrected chi connectivity index (χ0v) is 13.0. The average Bonchev–Trinajstić information content (AvgIpc) is 3.26. The highest BCUT2D eigenvalue weighted by Gasteiger charge is 2.26. The molecule has 2 N–H and O–H groups in total. The number of rotatable bonds is 3. The van der Waals surface area contributed by atoms with Crippen LogP contribution in [0.4, 0.5) is 0 Å². The van der Waals surface area contributed by atoms with E-state index < -0.39 is 0 Å². The van der Waals surface area contributed by atoms with Crippen LogP contribution in [-0.4, -0.2) is 42.2 Å². The molecule has 0 radical (unpaired) electrons. The third-order valence-electron chi connectivity index (χ3n) is 4.36. The third kappa shape index (κ3) is 3.49. The molecule has 1 aliphatic heterocycles. The molecule has 1 aromatic rings. The highest BCUT2D eigenvalue weighted by molar-refractivity contribution is 7.80. The first-order valence-electron chi connectivity index (χ1n) is 7.66. The van der Waals surface area contributed by atoms with Crippen LogP contribution in [0.5, 0.6) is 0 Å². The van der Waals surface area contributed by atoms with Crippen molar-refractivity contribution in [3.63, 3.8) is 0 Å². The molecule has 0 unspecified atom stereocenters. The monoisotopic (exact) mass is 290 g/mol. The first-order valence-corrected chi connectivity index (χ1v) is 8.07. The summed E-state index contributed by atoms with van der Waals surface area (Å²) in [6.45, 7) is 7.88. The summed E-state index contributed by atoms with van der Waals surface area (Å²) in [4.78, 5) is 4.01. The molecular formula is C16H24N3S+. The quantitative estimate of drug-likeness (QED) is 0.801. The van der Waals surface area contributed by atoms with Gasteiger partial charge in [-0.1, -0.05) is 24.3 Å². The molecule has 1 aromatic carbocycles. The molecule has 0 bridgehead atoms. The average molecular weight is 290 g/mol. The Kier molecular flexibility index (Phi) is 4.22. The van der Waals surface area contributed by atoms with Crippen molar-refractivity contribution in [1.29, 1.82) is 0 Å². The Morgan fingerprint density at radius 2 is 2.00 bits per heavy atom. The maximum absolute atomic E-state index is 5.48. The van der Waals surface area contributed by atoms with Gasteiger partial charge in [0.1, 0.15) is 6.54 Å². The number of nitrogens with one attached hydrogen (secondary N) is 2. The van der Waals surface area contributed by atoms with E-state index in [0.717, 1.165) is 24.7 Å². The number of benzene rings is 1. The molecule has 1 aliphatic carbocycles. The zero-order valence-electron chi connectivity index (χ0n) is 12.2. The molecule has 0 aromatic heterocycles. The van der Waals surface area contributed by atoms with Crippen molar-refractivity contribution in [2.45, 2.75) is 32.4 Å². The summed E-state index contributed by atoms with van der Waals surface area (Å²) in [5, 5.41) is 4.42. The summed E-state index contributed by atoms with van der Waals surface area (Å²) in [6.07, 6.45) is 2.58. The van der Waals surface area contributed by atoms with Gasteiger partial charge in [-0.25, -0.2) is 0 Å². The topological polar surface area (TPSA) is 19.7 Å². The number of piperazine rings is 1. The van der Waals surface area contributed by atoms with Crippen LogP contribution < -0.4 is 10.2 Å². The molecule has 4 heteroatoms. The second-order valence-corrected chi connectivity index (χ2v) is 6.45. The van der Waals surface area contributed by atoms with Crippen LogP contribution in [0.1, 0.15) is 24.0 Å². The molecule has 3 rings (SSSR count). The van der Waals surface area contributed by atoms with E-state index in [9.17, 15) is 0 Å². The van der Waals surface area contributed by atoms with E-state index in [1.54, 1.807) is 4.90 Å². The second kappa shape index (κ2) is 6.10. The molecule has 3 nitrogen and oxygen atoms in total. The van der Waals surface area contributed by atoms with Crippen LogP contribution in [0.3, 0.4) is 0 Å². The molecule has 1 saturated carbocycles. The molecule has 108 valence electrons. The molecule has 0 spiro atoms. The fraction of sp³-hybridized carbons (Fsp3) is 0.562. The Bertz CT molecular complexity index is 476. The second-order valence-electron chi connectivity index (χ2n) is 6.06. The summed E-state index contributed by atoms with van der Waals surface area (Å²) in [6, 6.07) is 9.40. The van der Waals surface area contributed by atoms with Crippen LogP contribution in [0.2, 0.25) is 0 Å². The minimum Gasteiger partial charge on any atom is -0.360 e. The third-order valence-corrected chi connectivity index (χ3v) is 4.74. The molecule has 20 heavy (non-hydrogen) atoms. The smallest absolute Gasteiger partial charge is 0.169 e. The van der Waals surface area contributed by atoms with Crippen LogP contribution in [0.15, 0.2) is 24.3 Å². The Labute approximate surface area is 126 Å². The first kappa shape index (κ1) is 13.8. The van der Waals surface area contributed by atoms with Crippen molar-refractivity contribution >= 4 is 17.3 Å². The van der Waals surface area contributed by atoms with E-state index in [2.05, 4.69) is 41.4 Å². The van der Waals surface area contributed by atoms with Crippen molar-refractivity contribution in [2.24, 2.45) is 0 Å². The lowest BCUT2D eigenvalue weighted by Crippen LogP contribution is -3.13. The summed E-state index contributed by atoms with van der Waals surface area (Å²) in [7, 11) is 0. The van der Waals surface area contributed by atoms with E-state index >= 15 is 0 Å². The molecule has 0 amide bonds. The van der Waals surface area contributed by atoms with Crippen molar-refractivity contribution in [2.75, 3.05) is 26.2 Å². The largest absolute Gasteiger partial charge is 0.360 e. The molecular weight excluding hydrogens is 266 g/mol. The van der Waals surface area contributed by atoms with Gasteiger partial charge in [0.2, 0.25) is 0 Å². The normalized spacial score (nSPS) is 19.9. The number of hydrogen-bond donors (Lipinski definition) is 2. The fourth-order valence-corrected chi connectivity index (χ4v) is 3.12. The molecule has 1 heterocycles. The minimum atomic E-state index is 0.667. The van der Waals surface area contributed by atoms with E-state index in [0.29, 0.717) is 6.04 Å². The molecule has 0 atom stereocenters. The zero-order chi connectivity index (χ0) is 13.9. The van der Waals surface area contributed by atoms with Crippen LogP contribution in [0, 0.1) is 6.92 Å². The SMILES string of the molecule is Cc1ccccc1C[NH+]1CCN(C(=S)NC2CC2)CC1. The van der Waals surface area contributed by atoms with E-state index in [-0.39, 0.29) is 0 Å². The van der Waals surface area contributed by atoms with Gasteiger partial charge >= 0.3 is 0 Å². The highest BCUT2D eigenvalue weighted by Crippen LogP contribution is 2.18. The Balaban J connectivity index is 1.48. The number of quaternary nitrogens is 1. The van der Waals surface area contributed by atoms with E-state index in [4.69, 9.17) is 12.2 Å². The van der Waals surface area contributed by atoms with E-state index in [1.807, 2.05) is 0 Å². The number of nitrogens with zero attached hydrogens (tertiary/aromatic N) is 1. The summed E-state index contributed by atoms with van der Waals surface area (Å²) in [5.74, 6) is 0. The lowest BCUT2D eigenvalue weighted by atomic mass is 10.1. The standard InChI is InChI=1S/C16H23N3S/c1-13-4-2-3-5-14(13)12-18-8-10-19(11-9-18)16(20)17-15-6-7-15/h2-5,15H,6-12H2,1H3,(H,17,20)/p+1. The summed E-state index contributed by atoms with van der Waals surface area (Å²) in [5.41, 5.74) is 2.89. The maximum atomic E-state index is 5.48. The predicted molar refractivity (Wildman–Crippen MR) is 85.9 cm³/mol. The van der Waals surface area contributed by atoms with Crippen LogP contribution in [-0.2, 0) is 6.54 Å².